The molecule has 2 aromatic carbocycles. The average molecular weight is 412 g/mol. The maximum atomic E-state index is 14.0. The zero-order chi connectivity index (χ0) is 21.1. The Morgan fingerprint density at radius 1 is 1.17 bits per heavy atom. The standard InChI is InChI=1S/C22H15F3N2O3/c1-2-12-8-9-15-14(10-12)11-16-18(15)26-30-21(16,28)20-17(22(23,24)25)19(29-27-20)13-6-4-3-5-7-13/h2-10,26,28H,1,11H2. The highest BCUT2D eigenvalue weighted by molar-refractivity contribution is 5.79. The lowest BCUT2D eigenvalue weighted by Crippen LogP contribution is -2.33. The van der Waals surface area contributed by atoms with E-state index in [0.717, 1.165) is 16.7 Å². The van der Waals surface area contributed by atoms with Crippen molar-refractivity contribution in [2.24, 2.45) is 0 Å². The van der Waals surface area contributed by atoms with Crippen molar-refractivity contribution in [2.45, 2.75) is 18.4 Å². The summed E-state index contributed by atoms with van der Waals surface area (Å²) in [6.07, 6.45) is -2.96. The number of nitrogens with one attached hydrogen (secondary N) is 1. The number of benzene rings is 2. The van der Waals surface area contributed by atoms with E-state index >= 15 is 0 Å². The first-order chi connectivity index (χ1) is 14.3. The number of aromatic nitrogens is 1. The number of hydrogen-bond donors (Lipinski definition) is 2. The summed E-state index contributed by atoms with van der Waals surface area (Å²) in [5.41, 5.74) is 4.00. The highest BCUT2D eigenvalue weighted by Gasteiger charge is 2.54. The van der Waals surface area contributed by atoms with Gasteiger partial charge in [0.15, 0.2) is 11.5 Å². The Balaban J connectivity index is 1.65. The molecule has 1 unspecified atom stereocenters. The summed E-state index contributed by atoms with van der Waals surface area (Å²) in [6.45, 7) is 3.72. The summed E-state index contributed by atoms with van der Waals surface area (Å²) >= 11 is 0. The number of hydrogen-bond acceptors (Lipinski definition) is 5. The Morgan fingerprint density at radius 2 is 1.93 bits per heavy atom. The lowest BCUT2D eigenvalue weighted by Gasteiger charge is -2.23. The van der Waals surface area contributed by atoms with Crippen LogP contribution in [0, 0.1) is 0 Å². The van der Waals surface area contributed by atoms with Gasteiger partial charge < -0.3 is 9.63 Å². The van der Waals surface area contributed by atoms with Crippen LogP contribution >= 0.6 is 0 Å². The number of hydroxylamine groups is 1. The van der Waals surface area contributed by atoms with Crippen LogP contribution in [0.5, 0.6) is 0 Å². The predicted octanol–water partition coefficient (Wildman–Crippen LogP) is 4.65. The predicted molar refractivity (Wildman–Crippen MR) is 102 cm³/mol. The first kappa shape index (κ1) is 18.7. The molecule has 5 nitrogen and oxygen atoms in total. The molecule has 1 aliphatic carbocycles. The van der Waals surface area contributed by atoms with Crippen LogP contribution in [-0.2, 0) is 23.2 Å². The minimum Gasteiger partial charge on any atom is -0.355 e. The molecular formula is C22H15F3N2O3. The van der Waals surface area contributed by atoms with Gasteiger partial charge in [0.05, 0.1) is 5.70 Å². The fourth-order valence-corrected chi connectivity index (χ4v) is 3.93. The third-order valence-corrected chi connectivity index (χ3v) is 5.35. The highest BCUT2D eigenvalue weighted by atomic mass is 19.4. The third-order valence-electron chi connectivity index (χ3n) is 5.35. The second kappa shape index (κ2) is 6.32. The number of aliphatic hydroxyl groups is 1. The molecule has 1 atom stereocenters. The van der Waals surface area contributed by atoms with Crippen molar-refractivity contribution in [2.75, 3.05) is 0 Å². The summed E-state index contributed by atoms with van der Waals surface area (Å²) in [4.78, 5) is 5.28. The molecule has 0 saturated heterocycles. The molecule has 2 aliphatic rings. The van der Waals surface area contributed by atoms with Crippen molar-refractivity contribution in [1.29, 1.82) is 0 Å². The number of alkyl halides is 3. The molecule has 2 heterocycles. The molecule has 0 radical (unpaired) electrons. The third kappa shape index (κ3) is 2.61. The molecular weight excluding hydrogens is 397 g/mol. The van der Waals surface area contributed by atoms with Crippen LogP contribution in [0.4, 0.5) is 13.2 Å². The zero-order valence-corrected chi connectivity index (χ0v) is 15.5. The topological polar surface area (TPSA) is 67.5 Å². The van der Waals surface area contributed by atoms with Gasteiger partial charge in [-0.15, -0.1) is 0 Å². The van der Waals surface area contributed by atoms with Gasteiger partial charge in [0.25, 0.3) is 5.79 Å². The summed E-state index contributed by atoms with van der Waals surface area (Å²) in [7, 11) is 0. The van der Waals surface area contributed by atoms with Gasteiger partial charge in [-0.3, -0.25) is 5.48 Å². The van der Waals surface area contributed by atoms with Gasteiger partial charge in [-0.2, -0.15) is 13.2 Å². The van der Waals surface area contributed by atoms with E-state index in [4.69, 9.17) is 9.36 Å². The number of halogens is 3. The molecule has 1 aromatic heterocycles. The minimum atomic E-state index is -4.83. The first-order valence-corrected chi connectivity index (χ1v) is 9.11. The molecule has 0 amide bonds. The molecule has 152 valence electrons. The van der Waals surface area contributed by atoms with Crippen molar-refractivity contribution in [3.63, 3.8) is 0 Å². The molecule has 5 rings (SSSR count). The molecule has 3 aromatic rings. The van der Waals surface area contributed by atoms with E-state index in [2.05, 4.69) is 17.2 Å². The van der Waals surface area contributed by atoms with Crippen LogP contribution < -0.4 is 5.48 Å². The van der Waals surface area contributed by atoms with Crippen molar-refractivity contribution in [1.82, 2.24) is 10.6 Å². The van der Waals surface area contributed by atoms with Gasteiger partial charge in [-0.05, 0) is 11.1 Å². The van der Waals surface area contributed by atoms with E-state index in [1.54, 1.807) is 30.3 Å². The average Bonchev–Trinajstić information content (AvgIpc) is 3.42. The van der Waals surface area contributed by atoms with Gasteiger partial charge >= 0.3 is 6.18 Å². The molecule has 0 saturated carbocycles. The smallest absolute Gasteiger partial charge is 0.355 e. The highest BCUT2D eigenvalue weighted by Crippen LogP contribution is 2.50. The normalized spacial score (nSPS) is 20.1. The number of fused-ring (bicyclic) bond motifs is 2. The Kier molecular flexibility index (Phi) is 3.93. The van der Waals surface area contributed by atoms with Crippen LogP contribution in [0.25, 0.3) is 23.1 Å². The lowest BCUT2D eigenvalue weighted by atomic mass is 9.95. The van der Waals surface area contributed by atoms with Gasteiger partial charge in [-0.1, -0.05) is 66.3 Å². The van der Waals surface area contributed by atoms with Crippen molar-refractivity contribution in [3.8, 4) is 11.3 Å². The van der Waals surface area contributed by atoms with Crippen LogP contribution in [0.15, 0.2) is 65.2 Å². The van der Waals surface area contributed by atoms with Crippen molar-refractivity contribution < 1.29 is 27.6 Å². The lowest BCUT2D eigenvalue weighted by molar-refractivity contribution is -0.205. The molecule has 0 bridgehead atoms. The van der Waals surface area contributed by atoms with Gasteiger partial charge in [0, 0.05) is 23.1 Å². The minimum absolute atomic E-state index is 0.192. The summed E-state index contributed by atoms with van der Waals surface area (Å²) < 4.78 is 47.2. The van der Waals surface area contributed by atoms with Crippen LogP contribution in [0.2, 0.25) is 0 Å². The second-order valence-corrected chi connectivity index (χ2v) is 7.10. The van der Waals surface area contributed by atoms with Gasteiger partial charge in [0.2, 0.25) is 0 Å². The molecule has 30 heavy (non-hydrogen) atoms. The second-order valence-electron chi connectivity index (χ2n) is 7.10. The molecule has 8 heteroatoms. The Labute approximate surface area is 169 Å². The molecule has 1 aliphatic heterocycles. The fraction of sp³-hybridized carbons (Fsp3) is 0.136. The molecule has 0 fully saturated rings. The van der Waals surface area contributed by atoms with E-state index in [1.807, 2.05) is 12.1 Å². The zero-order valence-electron chi connectivity index (χ0n) is 15.5. The fourth-order valence-electron chi connectivity index (χ4n) is 3.93. The maximum absolute atomic E-state index is 14.0. The SMILES string of the molecule is C=Cc1ccc2c(c1)CC1=C2NOC1(O)c1noc(-c2ccccc2)c1C(F)(F)F. The van der Waals surface area contributed by atoms with Crippen LogP contribution in [0.1, 0.15) is 27.9 Å². The monoisotopic (exact) mass is 412 g/mol. The maximum Gasteiger partial charge on any atom is 0.422 e. The first-order valence-electron chi connectivity index (χ1n) is 9.11. The van der Waals surface area contributed by atoms with Crippen molar-refractivity contribution >= 4 is 11.8 Å². The molecule has 0 spiro atoms. The largest absolute Gasteiger partial charge is 0.422 e. The summed E-state index contributed by atoms with van der Waals surface area (Å²) in [5.74, 6) is -2.90. The summed E-state index contributed by atoms with van der Waals surface area (Å²) in [6, 6.07) is 13.3. The van der Waals surface area contributed by atoms with Crippen molar-refractivity contribution in [3.05, 3.63) is 88.6 Å². The number of nitrogens with zero attached hydrogens (tertiary/aromatic N) is 1. The van der Waals surface area contributed by atoms with Crippen LogP contribution in [-0.4, -0.2) is 10.3 Å². The Bertz CT molecular complexity index is 1200. The van der Waals surface area contributed by atoms with E-state index in [0.29, 0.717) is 5.70 Å². The van der Waals surface area contributed by atoms with E-state index in [-0.39, 0.29) is 17.6 Å². The van der Waals surface area contributed by atoms with E-state index in [9.17, 15) is 18.3 Å². The quantitative estimate of drug-likeness (QED) is 0.656. The Hall–Kier alpha value is -3.36. The molecule has 2 N–H and O–H groups in total. The van der Waals surface area contributed by atoms with Gasteiger partial charge in [0.1, 0.15) is 5.56 Å². The van der Waals surface area contributed by atoms with Crippen LogP contribution in [0.3, 0.4) is 0 Å². The number of rotatable bonds is 3. The van der Waals surface area contributed by atoms with E-state index < -0.39 is 29.0 Å². The van der Waals surface area contributed by atoms with E-state index in [1.165, 1.54) is 12.1 Å². The summed E-state index contributed by atoms with van der Waals surface area (Å²) in [5, 5.41) is 14.9. The Morgan fingerprint density at radius 3 is 2.63 bits per heavy atom. The van der Waals surface area contributed by atoms with Gasteiger partial charge in [-0.25, -0.2) is 4.84 Å².